The van der Waals surface area contributed by atoms with Gasteiger partial charge >= 0.3 is 0 Å². The van der Waals surface area contributed by atoms with Gasteiger partial charge in [0.2, 0.25) is 15.9 Å². The number of carbonyl (C=O) groups excluding carboxylic acids is 1. The van der Waals surface area contributed by atoms with E-state index in [0.29, 0.717) is 25.9 Å². The summed E-state index contributed by atoms with van der Waals surface area (Å²) < 4.78 is 30.9. The van der Waals surface area contributed by atoms with E-state index in [0.717, 1.165) is 24.2 Å². The molecule has 25 heavy (non-hydrogen) atoms. The van der Waals surface area contributed by atoms with E-state index in [1.54, 1.807) is 4.31 Å². The van der Waals surface area contributed by atoms with E-state index in [-0.39, 0.29) is 24.0 Å². The molecule has 7 heteroatoms. The minimum atomic E-state index is -3.16. The largest absolute Gasteiger partial charge is 0.494 e. The Balaban J connectivity index is 1.54. The number of ether oxygens (including phenoxy) is 1. The minimum Gasteiger partial charge on any atom is -0.494 e. The summed E-state index contributed by atoms with van der Waals surface area (Å²) in [6.45, 7) is 2.55. The maximum absolute atomic E-state index is 12.3. The number of sulfonamides is 1. The Morgan fingerprint density at radius 2 is 1.80 bits per heavy atom. The molecule has 2 atom stereocenters. The van der Waals surface area contributed by atoms with Crippen LogP contribution in [0.1, 0.15) is 38.2 Å². The van der Waals surface area contributed by atoms with Crippen molar-refractivity contribution < 1.29 is 17.9 Å². The fraction of sp³-hybridized carbons (Fsp3) is 0.611. The van der Waals surface area contributed by atoms with Crippen molar-refractivity contribution in [1.82, 2.24) is 9.62 Å². The molecular weight excluding hydrogens is 340 g/mol. The maximum Gasteiger partial charge on any atom is 0.224 e. The second kappa shape index (κ2) is 7.33. The summed E-state index contributed by atoms with van der Waals surface area (Å²) in [5, 5.41) is 3.09. The molecule has 0 saturated carbocycles. The van der Waals surface area contributed by atoms with E-state index in [9.17, 15) is 13.2 Å². The average Bonchev–Trinajstić information content (AvgIpc) is 2.82. The van der Waals surface area contributed by atoms with Crippen molar-refractivity contribution in [3.63, 3.8) is 0 Å². The van der Waals surface area contributed by atoms with Crippen LogP contribution in [-0.4, -0.2) is 49.6 Å². The van der Waals surface area contributed by atoms with Crippen molar-refractivity contribution >= 4 is 15.9 Å². The molecule has 2 fully saturated rings. The van der Waals surface area contributed by atoms with Crippen molar-refractivity contribution in [3.05, 3.63) is 29.8 Å². The lowest BCUT2D eigenvalue weighted by Gasteiger charge is -2.37. The van der Waals surface area contributed by atoms with Gasteiger partial charge in [-0.2, -0.15) is 4.31 Å². The molecule has 3 rings (SSSR count). The Kier molecular flexibility index (Phi) is 5.34. The fourth-order valence-electron chi connectivity index (χ4n) is 4.13. The van der Waals surface area contributed by atoms with Crippen LogP contribution in [0.5, 0.6) is 5.75 Å². The summed E-state index contributed by atoms with van der Waals surface area (Å²) >= 11 is 0. The van der Waals surface area contributed by atoms with Crippen LogP contribution in [-0.2, 0) is 21.2 Å². The summed E-state index contributed by atoms with van der Waals surface area (Å²) in [5.41, 5.74) is 0.942. The van der Waals surface area contributed by atoms with Gasteiger partial charge < -0.3 is 10.1 Å². The first-order chi connectivity index (χ1) is 11.9. The quantitative estimate of drug-likeness (QED) is 0.831. The Labute approximate surface area is 149 Å². The van der Waals surface area contributed by atoms with Crippen molar-refractivity contribution in [2.24, 2.45) is 0 Å². The lowest BCUT2D eigenvalue weighted by molar-refractivity contribution is -0.121. The maximum atomic E-state index is 12.3. The molecule has 1 N–H and O–H groups in total. The molecule has 0 radical (unpaired) electrons. The van der Waals surface area contributed by atoms with Gasteiger partial charge in [0.05, 0.1) is 19.3 Å². The number of nitrogens with zero attached hydrogens (tertiary/aromatic N) is 1. The highest BCUT2D eigenvalue weighted by molar-refractivity contribution is 7.88. The summed E-state index contributed by atoms with van der Waals surface area (Å²) in [7, 11) is -3.16. The number of hydrogen-bond acceptors (Lipinski definition) is 4. The standard InChI is InChI=1S/C18H26N2O4S/c1-3-24-17-8-4-13(5-9-17)10-18(21)19-14-11-15-6-7-16(12-14)20(15)25(2,22)23/h4-5,8-9,14-16H,3,6-7,10-12H2,1-2H3,(H,19,21). The van der Waals surface area contributed by atoms with Crippen molar-refractivity contribution in [2.75, 3.05) is 12.9 Å². The number of amides is 1. The van der Waals surface area contributed by atoms with Crippen LogP contribution in [0.2, 0.25) is 0 Å². The number of rotatable bonds is 6. The van der Waals surface area contributed by atoms with Crippen molar-refractivity contribution in [2.45, 2.75) is 57.2 Å². The predicted molar refractivity (Wildman–Crippen MR) is 96.0 cm³/mol. The third-order valence-electron chi connectivity index (χ3n) is 5.01. The summed E-state index contributed by atoms with van der Waals surface area (Å²) in [6.07, 6.45) is 4.81. The first kappa shape index (κ1) is 18.2. The van der Waals surface area contributed by atoms with E-state index >= 15 is 0 Å². The highest BCUT2D eigenvalue weighted by Gasteiger charge is 2.45. The third-order valence-corrected chi connectivity index (χ3v) is 6.38. The molecule has 138 valence electrons. The topological polar surface area (TPSA) is 75.7 Å². The molecular formula is C18H26N2O4S. The van der Waals surface area contributed by atoms with Crippen molar-refractivity contribution in [3.8, 4) is 5.75 Å². The van der Waals surface area contributed by atoms with Crippen LogP contribution in [0.25, 0.3) is 0 Å². The second-order valence-corrected chi connectivity index (χ2v) is 8.86. The molecule has 0 spiro atoms. The molecule has 1 aromatic carbocycles. The van der Waals surface area contributed by atoms with E-state index in [1.165, 1.54) is 6.26 Å². The summed E-state index contributed by atoms with van der Waals surface area (Å²) in [6, 6.07) is 7.68. The smallest absolute Gasteiger partial charge is 0.224 e. The number of piperidine rings is 1. The Morgan fingerprint density at radius 1 is 1.20 bits per heavy atom. The SMILES string of the molecule is CCOc1ccc(CC(=O)NC2CC3CCC(C2)N3S(C)(=O)=O)cc1. The average molecular weight is 366 g/mol. The van der Waals surface area contributed by atoms with Crippen LogP contribution in [0.4, 0.5) is 0 Å². The van der Waals surface area contributed by atoms with Gasteiger partial charge in [-0.3, -0.25) is 4.79 Å². The molecule has 2 bridgehead atoms. The van der Waals surface area contributed by atoms with Gasteiger partial charge in [-0.1, -0.05) is 12.1 Å². The van der Waals surface area contributed by atoms with Gasteiger partial charge in [-0.25, -0.2) is 8.42 Å². The number of fused-ring (bicyclic) bond motifs is 2. The second-order valence-electron chi connectivity index (χ2n) is 6.97. The molecule has 1 amide bonds. The summed E-state index contributed by atoms with van der Waals surface area (Å²) in [4.78, 5) is 12.3. The van der Waals surface area contributed by atoms with Crippen molar-refractivity contribution in [1.29, 1.82) is 0 Å². The molecule has 1 aromatic rings. The van der Waals surface area contributed by atoms with Gasteiger partial charge in [0.15, 0.2) is 0 Å². The lowest BCUT2D eigenvalue weighted by atomic mass is 9.99. The predicted octanol–water partition coefficient (Wildman–Crippen LogP) is 1.70. The number of benzene rings is 1. The normalized spacial score (nSPS) is 26.4. The lowest BCUT2D eigenvalue weighted by Crippen LogP contribution is -2.52. The molecule has 2 unspecified atom stereocenters. The van der Waals surface area contributed by atoms with Crippen LogP contribution >= 0.6 is 0 Å². The number of hydrogen-bond donors (Lipinski definition) is 1. The highest BCUT2D eigenvalue weighted by atomic mass is 32.2. The highest BCUT2D eigenvalue weighted by Crippen LogP contribution is 2.37. The molecule has 2 saturated heterocycles. The first-order valence-corrected chi connectivity index (χ1v) is 10.7. The van der Waals surface area contributed by atoms with Gasteiger partial charge in [-0.05, 0) is 50.3 Å². The van der Waals surface area contributed by atoms with Crippen LogP contribution in [0.3, 0.4) is 0 Å². The van der Waals surface area contributed by atoms with E-state index < -0.39 is 10.0 Å². The van der Waals surface area contributed by atoms with E-state index in [4.69, 9.17) is 4.74 Å². The van der Waals surface area contributed by atoms with E-state index in [1.807, 2.05) is 31.2 Å². The van der Waals surface area contributed by atoms with Gasteiger partial charge in [0.25, 0.3) is 0 Å². The Morgan fingerprint density at radius 3 is 2.32 bits per heavy atom. The zero-order chi connectivity index (χ0) is 18.0. The van der Waals surface area contributed by atoms with E-state index in [2.05, 4.69) is 5.32 Å². The number of nitrogens with one attached hydrogen (secondary N) is 1. The fourth-order valence-corrected chi connectivity index (χ4v) is 5.59. The number of carbonyl (C=O) groups is 1. The third kappa shape index (κ3) is 4.33. The molecule has 2 aliphatic heterocycles. The monoisotopic (exact) mass is 366 g/mol. The molecule has 0 aliphatic carbocycles. The zero-order valence-electron chi connectivity index (χ0n) is 14.8. The minimum absolute atomic E-state index is 0.0126. The molecule has 6 nitrogen and oxygen atoms in total. The van der Waals surface area contributed by atoms with Crippen LogP contribution in [0, 0.1) is 0 Å². The van der Waals surface area contributed by atoms with Crippen LogP contribution in [0.15, 0.2) is 24.3 Å². The molecule has 0 aromatic heterocycles. The Hall–Kier alpha value is -1.60. The zero-order valence-corrected chi connectivity index (χ0v) is 15.6. The van der Waals surface area contributed by atoms with Gasteiger partial charge in [0.1, 0.15) is 5.75 Å². The van der Waals surface area contributed by atoms with Crippen LogP contribution < -0.4 is 10.1 Å². The molecule has 2 heterocycles. The summed E-state index contributed by atoms with van der Waals surface area (Å²) in [5.74, 6) is 0.790. The Bertz CT molecular complexity index is 703. The molecule has 2 aliphatic rings. The van der Waals surface area contributed by atoms with Gasteiger partial charge in [0, 0.05) is 18.1 Å². The van der Waals surface area contributed by atoms with Gasteiger partial charge in [-0.15, -0.1) is 0 Å². The first-order valence-electron chi connectivity index (χ1n) is 8.86.